The number of hydrogen-bond acceptors (Lipinski definition) is 4. The molecule has 0 atom stereocenters. The molecule has 2 rings (SSSR count). The SMILES string of the molecule is O=C([O-])CNC(=O)c1ccc(-c2ccc(Cl)cc2Cl)o1.[Na+]. The van der Waals surface area contributed by atoms with Gasteiger partial charge in [0.05, 0.1) is 17.5 Å². The molecule has 2 aromatic rings. The monoisotopic (exact) mass is 335 g/mol. The number of benzene rings is 1. The molecular weight excluding hydrogens is 328 g/mol. The van der Waals surface area contributed by atoms with E-state index in [1.54, 1.807) is 24.3 Å². The van der Waals surface area contributed by atoms with Crippen LogP contribution < -0.4 is 40.0 Å². The van der Waals surface area contributed by atoms with Crippen LogP contribution in [0.3, 0.4) is 0 Å². The van der Waals surface area contributed by atoms with Gasteiger partial charge in [-0.3, -0.25) is 4.79 Å². The summed E-state index contributed by atoms with van der Waals surface area (Å²) in [6.45, 7) is -0.587. The van der Waals surface area contributed by atoms with E-state index in [4.69, 9.17) is 27.6 Å². The van der Waals surface area contributed by atoms with Crippen LogP contribution >= 0.6 is 23.2 Å². The first-order valence-electron chi connectivity index (χ1n) is 5.50. The zero-order valence-electron chi connectivity index (χ0n) is 11.0. The third kappa shape index (κ3) is 4.76. The van der Waals surface area contributed by atoms with Crippen molar-refractivity contribution in [2.45, 2.75) is 0 Å². The van der Waals surface area contributed by atoms with E-state index >= 15 is 0 Å². The fraction of sp³-hybridized carbons (Fsp3) is 0.0769. The van der Waals surface area contributed by atoms with Gasteiger partial charge in [0.25, 0.3) is 5.91 Å². The van der Waals surface area contributed by atoms with Crippen LogP contribution in [0.5, 0.6) is 0 Å². The summed E-state index contributed by atoms with van der Waals surface area (Å²) >= 11 is 11.8. The van der Waals surface area contributed by atoms with Gasteiger partial charge in [-0.2, -0.15) is 0 Å². The average molecular weight is 336 g/mol. The topological polar surface area (TPSA) is 82.4 Å². The van der Waals surface area contributed by atoms with E-state index in [2.05, 4.69) is 5.32 Å². The molecule has 0 bridgehead atoms. The second-order valence-corrected chi connectivity index (χ2v) is 4.69. The molecule has 0 aliphatic heterocycles. The summed E-state index contributed by atoms with van der Waals surface area (Å²) in [5.74, 6) is -1.67. The maximum atomic E-state index is 11.6. The molecule has 104 valence electrons. The quantitative estimate of drug-likeness (QED) is 0.707. The van der Waals surface area contributed by atoms with Gasteiger partial charge in [0.2, 0.25) is 0 Å². The Balaban J connectivity index is 0.00000220. The Bertz CT molecular complexity index is 672. The Morgan fingerprint density at radius 1 is 1.19 bits per heavy atom. The van der Waals surface area contributed by atoms with E-state index in [0.29, 0.717) is 21.4 Å². The molecule has 1 heterocycles. The zero-order chi connectivity index (χ0) is 14.7. The molecule has 8 heteroatoms. The number of carbonyl (C=O) groups excluding carboxylic acids is 2. The number of halogens is 2. The van der Waals surface area contributed by atoms with Crippen LogP contribution in [-0.4, -0.2) is 18.4 Å². The molecule has 21 heavy (non-hydrogen) atoms. The van der Waals surface area contributed by atoms with Gasteiger partial charge in [-0.1, -0.05) is 23.2 Å². The summed E-state index contributed by atoms with van der Waals surface area (Å²) in [7, 11) is 0. The van der Waals surface area contributed by atoms with Crippen molar-refractivity contribution in [3.63, 3.8) is 0 Å². The molecular formula is C13H8Cl2NNaO4. The van der Waals surface area contributed by atoms with Crippen LogP contribution in [0.15, 0.2) is 34.7 Å². The first kappa shape index (κ1) is 18.1. The molecule has 0 radical (unpaired) electrons. The van der Waals surface area contributed by atoms with Crippen LogP contribution in [0.1, 0.15) is 10.6 Å². The molecule has 0 aliphatic rings. The predicted molar refractivity (Wildman–Crippen MR) is 71.5 cm³/mol. The minimum absolute atomic E-state index is 0. The fourth-order valence-electron chi connectivity index (χ4n) is 1.53. The maximum absolute atomic E-state index is 11.6. The smallest absolute Gasteiger partial charge is 0.548 e. The number of carboxylic acids is 1. The van der Waals surface area contributed by atoms with Crippen molar-refractivity contribution in [1.29, 1.82) is 0 Å². The molecule has 0 aliphatic carbocycles. The number of hydrogen-bond donors (Lipinski definition) is 1. The number of carboxylic acid groups (broad SMARTS) is 1. The van der Waals surface area contributed by atoms with E-state index in [1.165, 1.54) is 6.07 Å². The molecule has 1 aromatic carbocycles. The Kier molecular flexibility index (Phi) is 6.77. The molecule has 0 fully saturated rings. The minimum atomic E-state index is -1.38. The number of rotatable bonds is 4. The third-order valence-electron chi connectivity index (χ3n) is 2.42. The fourth-order valence-corrected chi connectivity index (χ4v) is 2.04. The molecule has 5 nitrogen and oxygen atoms in total. The Labute approximate surface area is 152 Å². The minimum Gasteiger partial charge on any atom is -0.548 e. The molecule has 1 amide bonds. The van der Waals surface area contributed by atoms with Crippen molar-refractivity contribution in [1.82, 2.24) is 5.32 Å². The van der Waals surface area contributed by atoms with Crippen molar-refractivity contribution in [2.24, 2.45) is 0 Å². The van der Waals surface area contributed by atoms with Gasteiger partial charge in [-0.15, -0.1) is 0 Å². The van der Waals surface area contributed by atoms with Crippen LogP contribution in [-0.2, 0) is 4.79 Å². The van der Waals surface area contributed by atoms with Crippen LogP contribution in [0.2, 0.25) is 10.0 Å². The number of carbonyl (C=O) groups is 2. The third-order valence-corrected chi connectivity index (χ3v) is 2.97. The number of amides is 1. The van der Waals surface area contributed by atoms with Gasteiger partial charge < -0.3 is 19.6 Å². The van der Waals surface area contributed by atoms with E-state index in [1.807, 2.05) is 0 Å². The molecule has 0 saturated heterocycles. The summed E-state index contributed by atoms with van der Waals surface area (Å²) in [5.41, 5.74) is 0.579. The summed E-state index contributed by atoms with van der Waals surface area (Å²) in [4.78, 5) is 21.8. The van der Waals surface area contributed by atoms with Crippen LogP contribution in [0.4, 0.5) is 0 Å². The van der Waals surface area contributed by atoms with Gasteiger partial charge in [0.15, 0.2) is 5.76 Å². The molecule has 0 saturated carbocycles. The largest absolute Gasteiger partial charge is 1.00 e. The van der Waals surface area contributed by atoms with E-state index in [9.17, 15) is 14.7 Å². The van der Waals surface area contributed by atoms with E-state index in [-0.39, 0.29) is 35.3 Å². The van der Waals surface area contributed by atoms with E-state index in [0.717, 1.165) is 0 Å². The summed E-state index contributed by atoms with van der Waals surface area (Å²) in [6.07, 6.45) is 0. The van der Waals surface area contributed by atoms with Crippen molar-refractivity contribution in [2.75, 3.05) is 6.54 Å². The Hall–Kier alpha value is -0.980. The molecule has 0 unspecified atom stereocenters. The van der Waals surface area contributed by atoms with Gasteiger partial charge >= 0.3 is 29.6 Å². The molecule has 1 N–H and O–H groups in total. The summed E-state index contributed by atoms with van der Waals surface area (Å²) in [6, 6.07) is 7.83. The van der Waals surface area contributed by atoms with Crippen molar-refractivity contribution in [3.8, 4) is 11.3 Å². The predicted octanol–water partition coefficient (Wildman–Crippen LogP) is -1.26. The van der Waals surface area contributed by atoms with Crippen molar-refractivity contribution < 1.29 is 48.7 Å². The van der Waals surface area contributed by atoms with Crippen LogP contribution in [0.25, 0.3) is 11.3 Å². The number of nitrogens with one attached hydrogen (secondary N) is 1. The van der Waals surface area contributed by atoms with Gasteiger partial charge in [-0.05, 0) is 30.3 Å². The number of furan rings is 1. The van der Waals surface area contributed by atoms with E-state index < -0.39 is 18.4 Å². The summed E-state index contributed by atoms with van der Waals surface area (Å²) in [5, 5.41) is 13.3. The molecule has 0 spiro atoms. The normalized spacial score (nSPS) is 9.81. The summed E-state index contributed by atoms with van der Waals surface area (Å²) < 4.78 is 5.33. The van der Waals surface area contributed by atoms with Crippen molar-refractivity contribution in [3.05, 3.63) is 46.1 Å². The Morgan fingerprint density at radius 3 is 2.52 bits per heavy atom. The zero-order valence-corrected chi connectivity index (χ0v) is 14.5. The van der Waals surface area contributed by atoms with Crippen LogP contribution in [0, 0.1) is 0 Å². The second-order valence-electron chi connectivity index (χ2n) is 3.84. The maximum Gasteiger partial charge on any atom is 1.00 e. The second kappa shape index (κ2) is 7.87. The first-order chi connectivity index (χ1) is 9.47. The standard InChI is InChI=1S/C13H9Cl2NO4.Na/c14-7-1-2-8(9(15)5-7)10-3-4-11(20-10)13(19)16-6-12(17)18;/h1-5H,6H2,(H,16,19)(H,17,18);/q;+1/p-1. The van der Waals surface area contributed by atoms with Gasteiger partial charge in [0, 0.05) is 10.6 Å². The Morgan fingerprint density at radius 2 is 1.90 bits per heavy atom. The molecule has 1 aromatic heterocycles. The first-order valence-corrected chi connectivity index (χ1v) is 6.26. The van der Waals surface area contributed by atoms with Gasteiger partial charge in [-0.25, -0.2) is 0 Å². The van der Waals surface area contributed by atoms with Crippen molar-refractivity contribution >= 4 is 35.1 Å². The average Bonchev–Trinajstić information content (AvgIpc) is 2.85. The number of aliphatic carboxylic acids is 1. The van der Waals surface area contributed by atoms with Gasteiger partial charge in [0.1, 0.15) is 5.76 Å².